The molecule has 3 nitrogen and oxygen atoms in total. The van der Waals surface area contributed by atoms with Crippen molar-refractivity contribution in [2.24, 2.45) is 0 Å². The van der Waals surface area contributed by atoms with Crippen LogP contribution >= 0.6 is 0 Å². The number of alkyl halides is 3. The van der Waals surface area contributed by atoms with E-state index in [9.17, 15) is 21.6 Å². The minimum atomic E-state index is -5.60. The van der Waals surface area contributed by atoms with Crippen LogP contribution in [0.15, 0.2) is 18.2 Å². The van der Waals surface area contributed by atoms with Gasteiger partial charge < -0.3 is 4.18 Å². The Balaban J connectivity index is 3.00. The van der Waals surface area contributed by atoms with Crippen molar-refractivity contribution in [3.63, 3.8) is 0 Å². The maximum atomic E-state index is 12.1. The first kappa shape index (κ1) is 14.8. The standard InChI is InChI=1S/C11H13F3O3S/c1-3-4-9-5-6-10(8(2)7-9)17-18(15,16)11(12,13)14/h5-7H,3-4H2,1-2H3. The van der Waals surface area contributed by atoms with E-state index in [2.05, 4.69) is 4.18 Å². The zero-order valence-corrected chi connectivity index (χ0v) is 10.7. The summed E-state index contributed by atoms with van der Waals surface area (Å²) in [6, 6.07) is 4.41. The summed E-state index contributed by atoms with van der Waals surface area (Å²) >= 11 is 0. The van der Waals surface area contributed by atoms with Gasteiger partial charge in [-0.3, -0.25) is 0 Å². The lowest BCUT2D eigenvalue weighted by Crippen LogP contribution is -2.28. The lowest BCUT2D eigenvalue weighted by molar-refractivity contribution is -0.0500. The van der Waals surface area contributed by atoms with Crippen molar-refractivity contribution < 1.29 is 25.8 Å². The number of halogens is 3. The third-order valence-electron chi connectivity index (χ3n) is 2.26. The van der Waals surface area contributed by atoms with E-state index in [1.54, 1.807) is 12.1 Å². The summed E-state index contributed by atoms with van der Waals surface area (Å²) < 4.78 is 62.2. The Labute approximate surface area is 104 Å². The van der Waals surface area contributed by atoms with Crippen molar-refractivity contribution >= 4 is 10.1 Å². The molecule has 0 saturated heterocycles. The quantitative estimate of drug-likeness (QED) is 0.629. The number of aryl methyl sites for hydroxylation is 2. The Morgan fingerprint density at radius 1 is 1.28 bits per heavy atom. The summed E-state index contributed by atoms with van der Waals surface area (Å²) in [4.78, 5) is 0. The summed E-state index contributed by atoms with van der Waals surface area (Å²) in [6.07, 6.45) is 1.66. The van der Waals surface area contributed by atoms with Crippen molar-refractivity contribution in [3.8, 4) is 5.75 Å². The van der Waals surface area contributed by atoms with Gasteiger partial charge in [-0.05, 0) is 30.5 Å². The van der Waals surface area contributed by atoms with Crippen LogP contribution in [0.1, 0.15) is 24.5 Å². The van der Waals surface area contributed by atoms with Gasteiger partial charge in [-0.25, -0.2) is 0 Å². The molecule has 1 aromatic carbocycles. The van der Waals surface area contributed by atoms with Crippen molar-refractivity contribution in [1.82, 2.24) is 0 Å². The molecule has 18 heavy (non-hydrogen) atoms. The summed E-state index contributed by atoms with van der Waals surface area (Å²) in [5.41, 5.74) is -4.14. The molecule has 0 fully saturated rings. The van der Waals surface area contributed by atoms with Gasteiger partial charge >= 0.3 is 15.6 Å². The van der Waals surface area contributed by atoms with Crippen LogP contribution in [-0.2, 0) is 16.5 Å². The van der Waals surface area contributed by atoms with E-state index in [4.69, 9.17) is 0 Å². The van der Waals surface area contributed by atoms with E-state index >= 15 is 0 Å². The predicted molar refractivity (Wildman–Crippen MR) is 60.8 cm³/mol. The fourth-order valence-corrected chi connectivity index (χ4v) is 1.93. The van der Waals surface area contributed by atoms with Gasteiger partial charge in [-0.2, -0.15) is 21.6 Å². The third kappa shape index (κ3) is 3.38. The second kappa shape index (κ2) is 5.17. The minimum absolute atomic E-state index is 0.299. The van der Waals surface area contributed by atoms with Gasteiger partial charge in [0.05, 0.1) is 0 Å². The molecular formula is C11H13F3O3S. The Morgan fingerprint density at radius 3 is 2.33 bits per heavy atom. The monoisotopic (exact) mass is 282 g/mol. The largest absolute Gasteiger partial charge is 0.534 e. The van der Waals surface area contributed by atoms with Crippen LogP contribution in [0.5, 0.6) is 5.75 Å². The summed E-state index contributed by atoms with van der Waals surface area (Å²) in [7, 11) is -5.60. The maximum Gasteiger partial charge on any atom is 0.534 e. The SMILES string of the molecule is CCCc1ccc(OS(=O)(=O)C(F)(F)F)c(C)c1. The van der Waals surface area contributed by atoms with Crippen LogP contribution in [0.4, 0.5) is 13.2 Å². The van der Waals surface area contributed by atoms with Gasteiger partial charge in [-0.15, -0.1) is 0 Å². The fraction of sp³-hybridized carbons (Fsp3) is 0.455. The predicted octanol–water partition coefficient (Wildman–Crippen LogP) is 3.18. The highest BCUT2D eigenvalue weighted by molar-refractivity contribution is 7.88. The minimum Gasteiger partial charge on any atom is -0.376 e. The van der Waals surface area contributed by atoms with Crippen LogP contribution in [0.25, 0.3) is 0 Å². The number of hydrogen-bond donors (Lipinski definition) is 0. The van der Waals surface area contributed by atoms with Crippen molar-refractivity contribution in [1.29, 1.82) is 0 Å². The van der Waals surface area contributed by atoms with Gasteiger partial charge in [-0.1, -0.05) is 25.5 Å². The zero-order valence-electron chi connectivity index (χ0n) is 9.91. The Morgan fingerprint density at radius 2 is 1.89 bits per heavy atom. The van der Waals surface area contributed by atoms with E-state index < -0.39 is 15.6 Å². The average molecular weight is 282 g/mol. The summed E-state index contributed by atoms with van der Waals surface area (Å²) in [5.74, 6) is -0.299. The molecule has 1 aromatic rings. The molecule has 0 heterocycles. The molecule has 0 amide bonds. The molecule has 7 heteroatoms. The Kier molecular flexibility index (Phi) is 4.26. The zero-order chi connectivity index (χ0) is 14.0. The van der Waals surface area contributed by atoms with Crippen LogP contribution in [0, 0.1) is 6.92 Å². The molecule has 0 aromatic heterocycles. The molecule has 102 valence electrons. The first-order valence-corrected chi connectivity index (χ1v) is 6.68. The lowest BCUT2D eigenvalue weighted by atomic mass is 10.1. The van der Waals surface area contributed by atoms with Crippen molar-refractivity contribution in [2.75, 3.05) is 0 Å². The van der Waals surface area contributed by atoms with E-state index in [0.29, 0.717) is 5.56 Å². The van der Waals surface area contributed by atoms with Gasteiger partial charge in [0, 0.05) is 0 Å². The Bertz CT molecular complexity index is 521. The molecule has 0 aliphatic carbocycles. The first-order valence-electron chi connectivity index (χ1n) is 5.27. The highest BCUT2D eigenvalue weighted by atomic mass is 32.2. The number of rotatable bonds is 4. The lowest BCUT2D eigenvalue weighted by Gasteiger charge is -2.12. The molecule has 0 bridgehead atoms. The van der Waals surface area contributed by atoms with E-state index in [0.717, 1.165) is 18.4 Å². The van der Waals surface area contributed by atoms with E-state index in [1.807, 2.05) is 6.92 Å². The molecule has 0 aliphatic rings. The van der Waals surface area contributed by atoms with Gasteiger partial charge in [0.15, 0.2) is 0 Å². The molecular weight excluding hydrogens is 269 g/mol. The third-order valence-corrected chi connectivity index (χ3v) is 3.23. The van der Waals surface area contributed by atoms with E-state index in [-0.39, 0.29) is 5.75 Å². The molecule has 0 radical (unpaired) electrons. The van der Waals surface area contributed by atoms with E-state index in [1.165, 1.54) is 13.0 Å². The van der Waals surface area contributed by atoms with Crippen LogP contribution in [0.2, 0.25) is 0 Å². The van der Waals surface area contributed by atoms with Gasteiger partial charge in [0.1, 0.15) is 5.75 Å². The second-order valence-electron chi connectivity index (χ2n) is 3.83. The fourth-order valence-electron chi connectivity index (χ4n) is 1.41. The Hall–Kier alpha value is -1.24. The normalized spacial score (nSPS) is 12.5. The molecule has 0 unspecified atom stereocenters. The molecule has 0 aliphatic heterocycles. The summed E-state index contributed by atoms with van der Waals surface area (Å²) in [5, 5.41) is 0. The van der Waals surface area contributed by atoms with Crippen LogP contribution in [0.3, 0.4) is 0 Å². The highest BCUT2D eigenvalue weighted by Gasteiger charge is 2.48. The maximum absolute atomic E-state index is 12.1. The highest BCUT2D eigenvalue weighted by Crippen LogP contribution is 2.29. The first-order chi connectivity index (χ1) is 8.17. The van der Waals surface area contributed by atoms with Crippen LogP contribution < -0.4 is 4.18 Å². The molecule has 1 rings (SSSR count). The van der Waals surface area contributed by atoms with Gasteiger partial charge in [0.2, 0.25) is 0 Å². The molecule has 0 spiro atoms. The van der Waals surface area contributed by atoms with Crippen molar-refractivity contribution in [3.05, 3.63) is 29.3 Å². The average Bonchev–Trinajstić information content (AvgIpc) is 2.21. The number of benzene rings is 1. The second-order valence-corrected chi connectivity index (χ2v) is 5.37. The molecule has 0 atom stereocenters. The van der Waals surface area contributed by atoms with Gasteiger partial charge in [0.25, 0.3) is 0 Å². The smallest absolute Gasteiger partial charge is 0.376 e. The topological polar surface area (TPSA) is 43.4 Å². The summed E-state index contributed by atoms with van der Waals surface area (Å²) in [6.45, 7) is 3.47. The van der Waals surface area contributed by atoms with Crippen molar-refractivity contribution in [2.45, 2.75) is 32.2 Å². The number of hydrogen-bond acceptors (Lipinski definition) is 3. The molecule has 0 saturated carbocycles. The van der Waals surface area contributed by atoms with Crippen LogP contribution in [-0.4, -0.2) is 13.9 Å². The molecule has 0 N–H and O–H groups in total.